The fraction of sp³-hybridized carbons (Fsp3) is 0.533. The quantitative estimate of drug-likeness (QED) is 0.265. The van der Waals surface area contributed by atoms with E-state index < -0.39 is 6.10 Å². The van der Waals surface area contributed by atoms with Crippen LogP contribution >= 0.6 is 11.3 Å². The van der Waals surface area contributed by atoms with Gasteiger partial charge in [-0.3, -0.25) is 9.80 Å². The lowest BCUT2D eigenvalue weighted by Gasteiger charge is -2.35. The molecule has 0 aliphatic carbocycles. The van der Waals surface area contributed by atoms with Gasteiger partial charge in [0.1, 0.15) is 0 Å². The van der Waals surface area contributed by atoms with Crippen LogP contribution in [-0.2, 0) is 16.0 Å². The zero-order valence-electron chi connectivity index (χ0n) is 23.3. The highest BCUT2D eigenvalue weighted by Gasteiger charge is 2.23. The topological polar surface area (TPSA) is 90.0 Å². The Labute approximate surface area is 239 Å². The average Bonchev–Trinajstić information content (AvgIpc) is 3.63. The van der Waals surface area contributed by atoms with E-state index in [-0.39, 0.29) is 0 Å². The number of aliphatic hydroxyl groups is 1. The fourth-order valence-corrected chi connectivity index (χ4v) is 6.75. The molecule has 10 heteroatoms. The van der Waals surface area contributed by atoms with Gasteiger partial charge in [0.15, 0.2) is 11.6 Å². The molecule has 0 amide bonds. The molecule has 0 bridgehead atoms. The number of benzene rings is 1. The molecule has 6 rings (SSSR count). The van der Waals surface area contributed by atoms with Crippen LogP contribution in [-0.4, -0.2) is 108 Å². The van der Waals surface area contributed by atoms with Crippen molar-refractivity contribution in [2.45, 2.75) is 32.4 Å². The van der Waals surface area contributed by atoms with Crippen molar-refractivity contribution in [3.05, 3.63) is 41.4 Å². The Bertz CT molecular complexity index is 1390. The molecule has 4 aromatic rings. The van der Waals surface area contributed by atoms with Crippen LogP contribution in [0.1, 0.15) is 24.6 Å². The molecule has 1 unspecified atom stereocenters. The molecule has 2 aliphatic rings. The van der Waals surface area contributed by atoms with Crippen molar-refractivity contribution in [3.8, 4) is 11.4 Å². The van der Waals surface area contributed by atoms with E-state index in [1.165, 1.54) is 4.88 Å². The molecule has 2 fully saturated rings. The summed E-state index contributed by atoms with van der Waals surface area (Å²) < 4.78 is 12.4. The van der Waals surface area contributed by atoms with Crippen LogP contribution < -0.4 is 4.90 Å². The van der Waals surface area contributed by atoms with Crippen LogP contribution in [0.3, 0.4) is 0 Å². The summed E-state index contributed by atoms with van der Waals surface area (Å²) in [5, 5.41) is 11.5. The highest BCUT2D eigenvalue weighted by atomic mass is 32.1. The molecule has 214 valence electrons. The first-order valence-corrected chi connectivity index (χ1v) is 15.4. The molecule has 3 aromatic heterocycles. The maximum Gasteiger partial charge on any atom is 0.162 e. The number of nitrogens with zero attached hydrogens (tertiary/aromatic N) is 5. The number of fused-ring (bicyclic) bond motifs is 2. The third-order valence-corrected chi connectivity index (χ3v) is 8.92. The molecule has 1 atom stereocenters. The Morgan fingerprint density at radius 3 is 2.73 bits per heavy atom. The van der Waals surface area contributed by atoms with Gasteiger partial charge in [0.2, 0.25) is 0 Å². The number of anilines is 1. The second-order valence-electron chi connectivity index (χ2n) is 10.8. The predicted molar refractivity (Wildman–Crippen MR) is 161 cm³/mol. The summed E-state index contributed by atoms with van der Waals surface area (Å²) >= 11 is 1.82. The summed E-state index contributed by atoms with van der Waals surface area (Å²) in [6.07, 6.45) is 3.71. The number of aromatic amines is 1. The smallest absolute Gasteiger partial charge is 0.162 e. The number of ether oxygens (including phenoxy) is 2. The number of hydrogen-bond acceptors (Lipinski definition) is 9. The summed E-state index contributed by atoms with van der Waals surface area (Å²) in [6, 6.07) is 10.6. The second-order valence-corrected chi connectivity index (χ2v) is 11.9. The number of aliphatic hydroxyl groups excluding tert-OH is 1. The van der Waals surface area contributed by atoms with Gasteiger partial charge in [-0.2, -0.15) is 0 Å². The Morgan fingerprint density at radius 1 is 1.07 bits per heavy atom. The van der Waals surface area contributed by atoms with Gasteiger partial charge in [-0.1, -0.05) is 25.5 Å². The second kappa shape index (κ2) is 12.9. The maximum atomic E-state index is 10.4. The number of aromatic nitrogens is 3. The van der Waals surface area contributed by atoms with Crippen LogP contribution in [0.5, 0.6) is 0 Å². The van der Waals surface area contributed by atoms with Gasteiger partial charge in [0.05, 0.1) is 36.1 Å². The molecular formula is C30H40N6O3S. The summed E-state index contributed by atoms with van der Waals surface area (Å²) in [5.74, 6) is 1.79. The number of unbranched alkanes of at least 4 members (excludes halogenated alkanes) is 1. The molecule has 2 aliphatic heterocycles. The molecule has 9 nitrogen and oxygen atoms in total. The average molecular weight is 565 g/mol. The van der Waals surface area contributed by atoms with E-state index in [9.17, 15) is 5.11 Å². The monoisotopic (exact) mass is 564 g/mol. The molecular weight excluding hydrogens is 524 g/mol. The summed E-state index contributed by atoms with van der Waals surface area (Å²) in [4.78, 5) is 22.1. The number of β-amino-alcohol motifs (C(OH)–C–C–N with tert-alkyl or cyclic N) is 1. The number of H-pyrrole nitrogens is 1. The van der Waals surface area contributed by atoms with E-state index in [2.05, 4.69) is 56.9 Å². The molecule has 0 saturated carbocycles. The lowest BCUT2D eigenvalue weighted by atomic mass is 10.1. The van der Waals surface area contributed by atoms with E-state index in [1.54, 1.807) is 0 Å². The van der Waals surface area contributed by atoms with Gasteiger partial charge < -0.3 is 24.5 Å². The van der Waals surface area contributed by atoms with Crippen LogP contribution in [0, 0.1) is 0 Å². The van der Waals surface area contributed by atoms with Crippen molar-refractivity contribution in [3.63, 3.8) is 0 Å². The third-order valence-electron chi connectivity index (χ3n) is 7.82. The van der Waals surface area contributed by atoms with Crippen molar-refractivity contribution < 1.29 is 14.6 Å². The summed E-state index contributed by atoms with van der Waals surface area (Å²) in [7, 11) is 0. The third kappa shape index (κ3) is 6.32. The van der Waals surface area contributed by atoms with Crippen molar-refractivity contribution in [2.75, 3.05) is 77.1 Å². The Kier molecular flexibility index (Phi) is 8.91. The number of morpholine rings is 1. The zero-order chi connectivity index (χ0) is 27.3. The van der Waals surface area contributed by atoms with Crippen LogP contribution in [0.4, 0.5) is 5.82 Å². The minimum atomic E-state index is -0.422. The zero-order valence-corrected chi connectivity index (χ0v) is 24.2. The molecule has 5 heterocycles. The SMILES string of the molecule is CCCCOCC(O)CN1CCN(Cc2cc3nc(-c4cccc5[nH]ccc45)nc(N4CCOCC4)c3s2)CC1. The van der Waals surface area contributed by atoms with Crippen molar-refractivity contribution in [1.29, 1.82) is 0 Å². The normalized spacial score (nSPS) is 18.2. The predicted octanol–water partition coefficient (Wildman–Crippen LogP) is 3.97. The first kappa shape index (κ1) is 27.6. The van der Waals surface area contributed by atoms with E-state index in [0.717, 1.165) is 117 Å². The highest BCUT2D eigenvalue weighted by molar-refractivity contribution is 7.19. The number of nitrogens with one attached hydrogen (secondary N) is 1. The van der Waals surface area contributed by atoms with E-state index >= 15 is 0 Å². The standard InChI is InChI=1S/C30H40N6O3S/c1-2-3-15-39-21-22(37)19-34-9-11-35(12-10-34)20-23-18-27-28(40-23)30(36-13-16-38-17-14-36)33-29(32-27)25-5-4-6-26-24(25)7-8-31-26/h4-8,18,22,31,37H,2-3,9-17,19-21H2,1H3. The molecule has 1 aromatic carbocycles. The number of rotatable bonds is 11. The lowest BCUT2D eigenvalue weighted by molar-refractivity contribution is 0.00595. The van der Waals surface area contributed by atoms with Crippen molar-refractivity contribution >= 4 is 38.3 Å². The Morgan fingerprint density at radius 2 is 1.90 bits per heavy atom. The Balaban J connectivity index is 1.17. The summed E-state index contributed by atoms with van der Waals surface area (Å²) in [6.45, 7) is 11.9. The van der Waals surface area contributed by atoms with Gasteiger partial charge in [-0.25, -0.2) is 9.97 Å². The maximum absolute atomic E-state index is 10.4. The van der Waals surface area contributed by atoms with E-state index in [1.807, 2.05) is 17.5 Å². The van der Waals surface area contributed by atoms with Crippen LogP contribution in [0.2, 0.25) is 0 Å². The van der Waals surface area contributed by atoms with Crippen molar-refractivity contribution in [1.82, 2.24) is 24.8 Å². The Hall–Kier alpha value is -2.60. The van der Waals surface area contributed by atoms with E-state index in [0.29, 0.717) is 13.2 Å². The first-order valence-electron chi connectivity index (χ1n) is 14.6. The van der Waals surface area contributed by atoms with Gasteiger partial charge >= 0.3 is 0 Å². The largest absolute Gasteiger partial charge is 0.389 e. The lowest BCUT2D eigenvalue weighted by Crippen LogP contribution is -2.48. The van der Waals surface area contributed by atoms with Gasteiger partial charge in [0.25, 0.3) is 0 Å². The molecule has 2 N–H and O–H groups in total. The minimum absolute atomic E-state index is 0.422. The van der Waals surface area contributed by atoms with E-state index in [4.69, 9.17) is 19.4 Å². The number of piperazine rings is 1. The van der Waals surface area contributed by atoms with Crippen molar-refractivity contribution in [2.24, 2.45) is 0 Å². The highest BCUT2D eigenvalue weighted by Crippen LogP contribution is 2.36. The van der Waals surface area contributed by atoms with Crippen LogP contribution in [0.25, 0.3) is 32.5 Å². The first-order chi connectivity index (χ1) is 19.7. The molecule has 2 saturated heterocycles. The fourth-order valence-electron chi connectivity index (χ4n) is 5.60. The molecule has 40 heavy (non-hydrogen) atoms. The molecule has 0 radical (unpaired) electrons. The summed E-state index contributed by atoms with van der Waals surface area (Å²) in [5.41, 5.74) is 3.16. The number of hydrogen-bond donors (Lipinski definition) is 2. The van der Waals surface area contributed by atoms with Gasteiger partial charge in [-0.05, 0) is 24.6 Å². The van der Waals surface area contributed by atoms with Gasteiger partial charge in [-0.15, -0.1) is 11.3 Å². The minimum Gasteiger partial charge on any atom is -0.389 e. The molecule has 0 spiro atoms. The van der Waals surface area contributed by atoms with Crippen LogP contribution in [0.15, 0.2) is 36.5 Å². The van der Waals surface area contributed by atoms with Gasteiger partial charge in [0, 0.05) is 86.5 Å². The number of thiophene rings is 1.